The van der Waals surface area contributed by atoms with Gasteiger partial charge in [0.25, 0.3) is 0 Å². The van der Waals surface area contributed by atoms with Gasteiger partial charge in [0.05, 0.1) is 0 Å². The van der Waals surface area contributed by atoms with Crippen molar-refractivity contribution in [1.29, 1.82) is 0 Å². The molecule has 0 N–H and O–H groups in total. The minimum absolute atomic E-state index is 0.739. The van der Waals surface area contributed by atoms with Crippen molar-refractivity contribution in [3.8, 4) is 11.1 Å². The lowest BCUT2D eigenvalue weighted by Gasteiger charge is -2.08. The second-order valence-corrected chi connectivity index (χ2v) is 6.74. The summed E-state index contributed by atoms with van der Waals surface area (Å²) in [5, 5.41) is -0.739. The van der Waals surface area contributed by atoms with Crippen molar-refractivity contribution in [2.75, 3.05) is 0 Å². The van der Waals surface area contributed by atoms with Crippen molar-refractivity contribution in [3.63, 3.8) is 0 Å². The van der Waals surface area contributed by atoms with E-state index in [0.717, 1.165) is 22.3 Å². The predicted molar refractivity (Wildman–Crippen MR) is 68.5 cm³/mol. The fourth-order valence-corrected chi connectivity index (χ4v) is 4.01. The molecule has 0 spiro atoms. The number of fused-ring (bicyclic) bond motifs is 3. The largest absolute Gasteiger partial charge is 0.243 e. The fraction of sp³-hybridized carbons (Fsp3) is 0.0769. The summed E-state index contributed by atoms with van der Waals surface area (Å²) in [6, 6.07) is 15.0. The van der Waals surface area contributed by atoms with Crippen LogP contribution in [0.1, 0.15) is 16.4 Å². The second kappa shape index (κ2) is 3.59. The van der Waals surface area contributed by atoms with Crippen molar-refractivity contribution >= 4 is 19.7 Å². The normalized spacial score (nSPS) is 14.4. The van der Waals surface area contributed by atoms with Crippen molar-refractivity contribution in [1.82, 2.24) is 0 Å². The highest BCUT2D eigenvalue weighted by Crippen LogP contribution is 2.48. The highest BCUT2D eigenvalue weighted by molar-refractivity contribution is 8.14. The van der Waals surface area contributed by atoms with E-state index in [9.17, 15) is 8.42 Å². The molecule has 2 aromatic carbocycles. The summed E-state index contributed by atoms with van der Waals surface area (Å²) in [7, 11) is 1.91. The molecule has 0 fully saturated rings. The summed E-state index contributed by atoms with van der Waals surface area (Å²) in [4.78, 5) is 0. The molecular weight excluding hydrogens is 256 g/mol. The standard InChI is InChI=1S/C13H9ClO2S/c14-17(15,16)13-11-7-3-1-5-9(11)10-6-2-4-8-12(10)13/h1-8,13H. The van der Waals surface area contributed by atoms with E-state index >= 15 is 0 Å². The van der Waals surface area contributed by atoms with Crippen LogP contribution in [-0.2, 0) is 9.05 Å². The van der Waals surface area contributed by atoms with Crippen LogP contribution in [0.5, 0.6) is 0 Å². The molecule has 2 aromatic rings. The van der Waals surface area contributed by atoms with Gasteiger partial charge in [0, 0.05) is 10.7 Å². The van der Waals surface area contributed by atoms with Gasteiger partial charge in [0.1, 0.15) is 5.25 Å². The zero-order chi connectivity index (χ0) is 12.0. The Kier molecular flexibility index (Phi) is 2.28. The van der Waals surface area contributed by atoms with Crippen LogP contribution in [0.25, 0.3) is 11.1 Å². The van der Waals surface area contributed by atoms with Gasteiger partial charge in [-0.3, -0.25) is 0 Å². The maximum atomic E-state index is 11.7. The van der Waals surface area contributed by atoms with Gasteiger partial charge < -0.3 is 0 Å². The molecule has 0 aromatic heterocycles. The summed E-state index contributed by atoms with van der Waals surface area (Å²) in [5.41, 5.74) is 3.45. The molecule has 17 heavy (non-hydrogen) atoms. The van der Waals surface area contributed by atoms with Crippen molar-refractivity contribution in [2.24, 2.45) is 0 Å². The molecule has 0 heterocycles. The van der Waals surface area contributed by atoms with E-state index in [1.54, 1.807) is 0 Å². The molecule has 1 aliphatic rings. The first-order valence-corrected chi connectivity index (χ1v) is 7.58. The van der Waals surface area contributed by atoms with E-state index in [4.69, 9.17) is 10.7 Å². The van der Waals surface area contributed by atoms with Crippen LogP contribution in [0.4, 0.5) is 0 Å². The van der Waals surface area contributed by atoms with Crippen molar-refractivity contribution in [2.45, 2.75) is 5.25 Å². The summed E-state index contributed by atoms with van der Waals surface area (Å²) in [6.45, 7) is 0. The van der Waals surface area contributed by atoms with E-state index in [1.807, 2.05) is 48.5 Å². The third-order valence-corrected chi connectivity index (χ3v) is 4.66. The molecule has 86 valence electrons. The maximum absolute atomic E-state index is 11.7. The highest BCUT2D eigenvalue weighted by Gasteiger charge is 2.36. The molecule has 0 bridgehead atoms. The van der Waals surface area contributed by atoms with E-state index in [-0.39, 0.29) is 0 Å². The second-order valence-electron chi connectivity index (χ2n) is 4.03. The Bertz CT molecular complexity index is 647. The van der Waals surface area contributed by atoms with Gasteiger partial charge in [-0.15, -0.1) is 0 Å². The van der Waals surface area contributed by atoms with E-state index in [1.165, 1.54) is 0 Å². The summed E-state index contributed by atoms with van der Waals surface area (Å²) in [6.07, 6.45) is 0. The van der Waals surface area contributed by atoms with Crippen LogP contribution < -0.4 is 0 Å². The lowest BCUT2D eigenvalue weighted by atomic mass is 10.1. The summed E-state index contributed by atoms with van der Waals surface area (Å²) < 4.78 is 23.4. The molecule has 1 aliphatic carbocycles. The lowest BCUT2D eigenvalue weighted by Crippen LogP contribution is -2.05. The molecule has 0 saturated heterocycles. The third kappa shape index (κ3) is 1.58. The van der Waals surface area contributed by atoms with Crippen molar-refractivity contribution < 1.29 is 8.42 Å². The van der Waals surface area contributed by atoms with E-state index in [2.05, 4.69) is 0 Å². The smallest absolute Gasteiger partial charge is 0.211 e. The van der Waals surface area contributed by atoms with E-state index in [0.29, 0.717) is 0 Å². The number of hydrogen-bond donors (Lipinski definition) is 0. The predicted octanol–water partition coefficient (Wildman–Crippen LogP) is 3.33. The first kappa shape index (κ1) is 10.8. The van der Waals surface area contributed by atoms with Gasteiger partial charge in [0.2, 0.25) is 9.05 Å². The molecule has 2 nitrogen and oxygen atoms in total. The SMILES string of the molecule is O=S(=O)(Cl)C1c2ccccc2-c2ccccc21. The minimum atomic E-state index is -3.66. The summed E-state index contributed by atoms with van der Waals surface area (Å²) in [5.74, 6) is 0. The molecule has 3 rings (SSSR count). The van der Waals surface area contributed by atoms with Crippen LogP contribution in [0, 0.1) is 0 Å². The Morgan fingerprint density at radius 1 is 0.824 bits per heavy atom. The molecule has 0 atom stereocenters. The monoisotopic (exact) mass is 264 g/mol. The van der Waals surface area contributed by atoms with Crippen LogP contribution >= 0.6 is 10.7 Å². The summed E-state index contributed by atoms with van der Waals surface area (Å²) >= 11 is 0. The number of rotatable bonds is 1. The van der Waals surface area contributed by atoms with Gasteiger partial charge in [-0.1, -0.05) is 48.5 Å². The zero-order valence-electron chi connectivity index (χ0n) is 8.80. The van der Waals surface area contributed by atoms with Gasteiger partial charge in [-0.05, 0) is 22.3 Å². The molecule has 4 heteroatoms. The Labute approximate surface area is 104 Å². The Morgan fingerprint density at radius 3 is 1.65 bits per heavy atom. The Balaban J connectivity index is 2.39. The number of halogens is 1. The molecule has 0 aliphatic heterocycles. The molecule has 0 unspecified atom stereocenters. The first-order chi connectivity index (χ1) is 8.09. The molecular formula is C13H9ClO2S. The van der Waals surface area contributed by atoms with Gasteiger partial charge in [0.15, 0.2) is 0 Å². The highest BCUT2D eigenvalue weighted by atomic mass is 35.7. The minimum Gasteiger partial charge on any atom is -0.211 e. The van der Waals surface area contributed by atoms with Crippen molar-refractivity contribution in [3.05, 3.63) is 59.7 Å². The molecule has 0 radical (unpaired) electrons. The van der Waals surface area contributed by atoms with E-state index < -0.39 is 14.3 Å². The number of benzene rings is 2. The Hall–Kier alpha value is -1.32. The molecule has 0 saturated carbocycles. The van der Waals surface area contributed by atoms with Crippen LogP contribution in [0.15, 0.2) is 48.5 Å². The quantitative estimate of drug-likeness (QED) is 0.741. The average molecular weight is 265 g/mol. The maximum Gasteiger partial charge on any atom is 0.243 e. The average Bonchev–Trinajstić information content (AvgIpc) is 2.63. The fourth-order valence-electron chi connectivity index (χ4n) is 2.41. The van der Waals surface area contributed by atoms with Gasteiger partial charge >= 0.3 is 0 Å². The Morgan fingerprint density at radius 2 is 1.24 bits per heavy atom. The van der Waals surface area contributed by atoms with Crippen LogP contribution in [0.2, 0.25) is 0 Å². The first-order valence-electron chi connectivity index (χ1n) is 5.21. The lowest BCUT2D eigenvalue weighted by molar-refractivity contribution is 0.604. The molecule has 0 amide bonds. The zero-order valence-corrected chi connectivity index (χ0v) is 10.4. The topological polar surface area (TPSA) is 34.1 Å². The van der Waals surface area contributed by atoms with Crippen LogP contribution in [0.3, 0.4) is 0 Å². The van der Waals surface area contributed by atoms with Gasteiger partial charge in [-0.25, -0.2) is 8.42 Å². The third-order valence-electron chi connectivity index (χ3n) is 3.06. The van der Waals surface area contributed by atoms with Crippen LogP contribution in [-0.4, -0.2) is 8.42 Å². The number of hydrogen-bond acceptors (Lipinski definition) is 2. The van der Waals surface area contributed by atoms with Gasteiger partial charge in [-0.2, -0.15) is 0 Å².